The number of benzene rings is 1. The van der Waals surface area contributed by atoms with E-state index in [2.05, 4.69) is 0 Å². The maximum atomic E-state index is 12.5. The Kier molecular flexibility index (Phi) is 5.68. The zero-order chi connectivity index (χ0) is 15.2. The molecule has 0 saturated heterocycles. The number of carbonyl (C=O) groups excluding carboxylic acids is 2. The fourth-order valence-corrected chi connectivity index (χ4v) is 2.26. The van der Waals surface area contributed by atoms with Crippen molar-refractivity contribution in [1.29, 1.82) is 0 Å². The lowest BCUT2D eigenvalue weighted by Gasteiger charge is -2.29. The number of Topliss-reactive ketones (excluding diaryl/α,β-unsaturated/α-hetero) is 1. The fourth-order valence-electron chi connectivity index (χ4n) is 2.26. The van der Waals surface area contributed by atoms with E-state index in [0.717, 1.165) is 5.57 Å². The number of ether oxygens (including phenoxy) is 1. The van der Waals surface area contributed by atoms with Crippen LogP contribution in [0.1, 0.15) is 39.2 Å². The Labute approximate surface area is 120 Å². The standard InChI is InChI=1S/C17H22O3/c1-5-15(18)17(16(19)20-4,12-11-13(2)3)14-9-7-6-8-10-14/h6-11H,5,12H2,1-4H3. The van der Waals surface area contributed by atoms with E-state index < -0.39 is 11.4 Å². The molecule has 20 heavy (non-hydrogen) atoms. The molecule has 1 rings (SSSR count). The van der Waals surface area contributed by atoms with Gasteiger partial charge in [0.15, 0.2) is 11.2 Å². The van der Waals surface area contributed by atoms with Crippen LogP contribution < -0.4 is 0 Å². The Hall–Kier alpha value is -1.90. The van der Waals surface area contributed by atoms with Crippen LogP contribution in [0.2, 0.25) is 0 Å². The average Bonchev–Trinajstić information content (AvgIpc) is 2.47. The number of carbonyl (C=O) groups is 2. The quantitative estimate of drug-likeness (QED) is 0.453. The monoisotopic (exact) mass is 274 g/mol. The summed E-state index contributed by atoms with van der Waals surface area (Å²) in [5, 5.41) is 0. The Morgan fingerprint density at radius 1 is 1.20 bits per heavy atom. The average molecular weight is 274 g/mol. The second-order valence-electron chi connectivity index (χ2n) is 5.03. The van der Waals surface area contributed by atoms with E-state index >= 15 is 0 Å². The van der Waals surface area contributed by atoms with Gasteiger partial charge in [-0.15, -0.1) is 0 Å². The van der Waals surface area contributed by atoms with E-state index in [9.17, 15) is 9.59 Å². The number of esters is 1. The molecular weight excluding hydrogens is 252 g/mol. The zero-order valence-electron chi connectivity index (χ0n) is 12.6. The number of ketones is 1. The van der Waals surface area contributed by atoms with Crippen LogP contribution in [0, 0.1) is 0 Å². The van der Waals surface area contributed by atoms with Gasteiger partial charge in [-0.25, -0.2) is 0 Å². The highest BCUT2D eigenvalue weighted by atomic mass is 16.5. The Morgan fingerprint density at radius 3 is 2.25 bits per heavy atom. The highest BCUT2D eigenvalue weighted by Crippen LogP contribution is 2.33. The molecule has 0 aliphatic heterocycles. The topological polar surface area (TPSA) is 43.4 Å². The van der Waals surface area contributed by atoms with Crippen LogP contribution >= 0.6 is 0 Å². The van der Waals surface area contributed by atoms with Crippen LogP contribution in [-0.2, 0) is 19.7 Å². The van der Waals surface area contributed by atoms with Gasteiger partial charge < -0.3 is 4.74 Å². The van der Waals surface area contributed by atoms with Gasteiger partial charge in [-0.2, -0.15) is 0 Å². The van der Waals surface area contributed by atoms with Crippen molar-refractivity contribution in [1.82, 2.24) is 0 Å². The molecule has 1 atom stereocenters. The Morgan fingerprint density at radius 2 is 1.80 bits per heavy atom. The summed E-state index contributed by atoms with van der Waals surface area (Å²) in [4.78, 5) is 24.9. The van der Waals surface area contributed by atoms with Gasteiger partial charge in [-0.3, -0.25) is 9.59 Å². The van der Waals surface area contributed by atoms with E-state index in [1.807, 2.05) is 50.3 Å². The second kappa shape index (κ2) is 7.04. The Balaban J connectivity index is 3.45. The minimum absolute atomic E-state index is 0.118. The molecule has 0 radical (unpaired) electrons. The summed E-state index contributed by atoms with van der Waals surface area (Å²) in [7, 11) is 1.32. The number of hydrogen-bond acceptors (Lipinski definition) is 3. The lowest BCUT2D eigenvalue weighted by molar-refractivity contribution is -0.152. The molecule has 108 valence electrons. The van der Waals surface area contributed by atoms with Crippen LogP contribution in [0.4, 0.5) is 0 Å². The summed E-state index contributed by atoms with van der Waals surface area (Å²) >= 11 is 0. The van der Waals surface area contributed by atoms with Crippen molar-refractivity contribution >= 4 is 11.8 Å². The fraction of sp³-hybridized carbons (Fsp3) is 0.412. The first kappa shape index (κ1) is 16.2. The van der Waals surface area contributed by atoms with E-state index in [4.69, 9.17) is 4.74 Å². The molecule has 0 spiro atoms. The van der Waals surface area contributed by atoms with Gasteiger partial charge >= 0.3 is 5.97 Å². The van der Waals surface area contributed by atoms with Gasteiger partial charge in [-0.05, 0) is 25.8 Å². The molecule has 0 N–H and O–H groups in total. The molecule has 0 aliphatic carbocycles. The number of hydrogen-bond donors (Lipinski definition) is 0. The lowest BCUT2D eigenvalue weighted by Crippen LogP contribution is -2.44. The van der Waals surface area contributed by atoms with Crippen molar-refractivity contribution < 1.29 is 14.3 Å². The van der Waals surface area contributed by atoms with Gasteiger partial charge in [-0.1, -0.05) is 48.9 Å². The minimum atomic E-state index is -1.23. The summed E-state index contributed by atoms with van der Waals surface area (Å²) in [6.07, 6.45) is 2.54. The normalized spacial score (nSPS) is 13.2. The molecule has 0 heterocycles. The van der Waals surface area contributed by atoms with Crippen molar-refractivity contribution in [2.45, 2.75) is 39.0 Å². The van der Waals surface area contributed by atoms with Crippen LogP contribution in [0.25, 0.3) is 0 Å². The van der Waals surface area contributed by atoms with E-state index in [-0.39, 0.29) is 5.78 Å². The molecule has 0 aromatic heterocycles. The largest absolute Gasteiger partial charge is 0.468 e. The smallest absolute Gasteiger partial charge is 0.324 e. The van der Waals surface area contributed by atoms with Crippen LogP contribution in [-0.4, -0.2) is 18.9 Å². The molecule has 0 amide bonds. The molecule has 1 unspecified atom stereocenters. The lowest BCUT2D eigenvalue weighted by atomic mass is 9.73. The SMILES string of the molecule is CCC(=O)C(CC=C(C)C)(C(=O)OC)c1ccccc1. The first-order valence-electron chi connectivity index (χ1n) is 6.79. The van der Waals surface area contributed by atoms with Gasteiger partial charge in [0.2, 0.25) is 0 Å². The highest BCUT2D eigenvalue weighted by Gasteiger charge is 2.46. The Bertz CT molecular complexity index is 480. The van der Waals surface area contributed by atoms with Crippen LogP contribution in [0.15, 0.2) is 42.0 Å². The summed E-state index contributed by atoms with van der Waals surface area (Å²) < 4.78 is 4.94. The minimum Gasteiger partial charge on any atom is -0.468 e. The van der Waals surface area contributed by atoms with Gasteiger partial charge in [0.05, 0.1) is 7.11 Å². The van der Waals surface area contributed by atoms with Crippen molar-refractivity contribution in [3.05, 3.63) is 47.5 Å². The van der Waals surface area contributed by atoms with Crippen LogP contribution in [0.3, 0.4) is 0 Å². The summed E-state index contributed by atoms with van der Waals surface area (Å²) in [6, 6.07) is 9.15. The molecular formula is C17H22O3. The van der Waals surface area contributed by atoms with E-state index in [1.54, 1.807) is 6.92 Å². The molecule has 0 fully saturated rings. The molecule has 0 saturated carbocycles. The molecule has 0 bridgehead atoms. The van der Waals surface area contributed by atoms with E-state index in [1.165, 1.54) is 7.11 Å². The number of allylic oxidation sites excluding steroid dienone is 2. The first-order chi connectivity index (χ1) is 9.48. The molecule has 1 aromatic carbocycles. The predicted octanol–water partition coefficient (Wildman–Crippen LogP) is 3.43. The van der Waals surface area contributed by atoms with Gasteiger partial charge in [0.1, 0.15) is 0 Å². The highest BCUT2D eigenvalue weighted by molar-refractivity contribution is 6.09. The van der Waals surface area contributed by atoms with Crippen molar-refractivity contribution in [2.75, 3.05) is 7.11 Å². The first-order valence-corrected chi connectivity index (χ1v) is 6.79. The number of methoxy groups -OCH3 is 1. The summed E-state index contributed by atoms with van der Waals surface area (Å²) in [5.41, 5.74) is 0.525. The molecule has 1 aromatic rings. The third kappa shape index (κ3) is 3.16. The van der Waals surface area contributed by atoms with Crippen LogP contribution in [0.5, 0.6) is 0 Å². The summed E-state index contributed by atoms with van der Waals surface area (Å²) in [6.45, 7) is 5.67. The van der Waals surface area contributed by atoms with Gasteiger partial charge in [0.25, 0.3) is 0 Å². The molecule has 0 aliphatic rings. The third-order valence-electron chi connectivity index (χ3n) is 3.41. The number of rotatable bonds is 6. The summed E-state index contributed by atoms with van der Waals surface area (Å²) in [5.74, 6) is -0.610. The van der Waals surface area contributed by atoms with Crippen molar-refractivity contribution in [3.8, 4) is 0 Å². The van der Waals surface area contributed by atoms with E-state index in [0.29, 0.717) is 18.4 Å². The maximum absolute atomic E-state index is 12.5. The second-order valence-corrected chi connectivity index (χ2v) is 5.03. The zero-order valence-corrected chi connectivity index (χ0v) is 12.6. The van der Waals surface area contributed by atoms with Gasteiger partial charge in [0, 0.05) is 6.42 Å². The van der Waals surface area contributed by atoms with Crippen molar-refractivity contribution in [2.24, 2.45) is 0 Å². The molecule has 3 nitrogen and oxygen atoms in total. The third-order valence-corrected chi connectivity index (χ3v) is 3.41. The molecule has 3 heteroatoms. The predicted molar refractivity (Wildman–Crippen MR) is 79.5 cm³/mol. The van der Waals surface area contributed by atoms with Crippen molar-refractivity contribution in [3.63, 3.8) is 0 Å². The maximum Gasteiger partial charge on any atom is 0.324 e.